The molecule has 3 aromatic rings. The second-order valence-electron chi connectivity index (χ2n) is 9.18. The predicted molar refractivity (Wildman–Crippen MR) is 133 cm³/mol. The number of carboxylic acid groups (broad SMARTS) is 1. The van der Waals surface area contributed by atoms with Crippen molar-refractivity contribution in [1.29, 1.82) is 0 Å². The Labute approximate surface area is 237 Å². The smallest absolute Gasteiger partial charge is 0.433 e. The van der Waals surface area contributed by atoms with Crippen molar-refractivity contribution in [3.63, 3.8) is 0 Å². The molecule has 1 amide bonds. The first-order chi connectivity index (χ1) is 18.8. The molecule has 0 spiro atoms. The molecule has 1 aliphatic carbocycles. The molecular weight excluding hydrogens is 606 g/mol. The van der Waals surface area contributed by atoms with E-state index in [2.05, 4.69) is 9.47 Å². The Bertz CT molecular complexity index is 1410. The zero-order chi connectivity index (χ0) is 29.4. The number of carboxylic acids is 1. The summed E-state index contributed by atoms with van der Waals surface area (Å²) < 4.78 is 74.9. The molecule has 0 unspecified atom stereocenters. The molecule has 0 aliphatic heterocycles. The highest BCUT2D eigenvalue weighted by Crippen LogP contribution is 2.39. The lowest BCUT2D eigenvalue weighted by Gasteiger charge is -2.28. The molecule has 16 heteroatoms. The van der Waals surface area contributed by atoms with E-state index in [1.165, 1.54) is 0 Å². The number of carbonyl (C=O) groups is 3. The van der Waals surface area contributed by atoms with Gasteiger partial charge in [0.25, 0.3) is 5.91 Å². The number of aromatic nitrogens is 3. The van der Waals surface area contributed by atoms with E-state index in [9.17, 15) is 41.4 Å². The van der Waals surface area contributed by atoms with Crippen LogP contribution in [0.5, 0.6) is 0 Å². The lowest BCUT2D eigenvalue weighted by molar-refractivity contribution is -0.147. The number of hydrogen-bond donors (Lipinski definition) is 1. The molecule has 4 rings (SSSR count). The van der Waals surface area contributed by atoms with Crippen LogP contribution < -0.4 is 0 Å². The van der Waals surface area contributed by atoms with Crippen molar-refractivity contribution in [2.45, 2.75) is 44.4 Å². The Morgan fingerprint density at radius 2 is 1.70 bits per heavy atom. The van der Waals surface area contributed by atoms with E-state index in [-0.39, 0.29) is 46.3 Å². The topological polar surface area (TPSA) is 105 Å². The third-order valence-electron chi connectivity index (χ3n) is 6.49. The van der Waals surface area contributed by atoms with E-state index in [0.717, 1.165) is 12.1 Å². The summed E-state index contributed by atoms with van der Waals surface area (Å²) in [6.45, 7) is -1.49. The van der Waals surface area contributed by atoms with E-state index < -0.39 is 71.8 Å². The highest BCUT2D eigenvalue weighted by Gasteiger charge is 2.43. The van der Waals surface area contributed by atoms with Gasteiger partial charge in [0.15, 0.2) is 16.6 Å². The number of nitrogens with zero attached hydrogens (tertiary/aromatic N) is 4. The van der Waals surface area contributed by atoms with Crippen LogP contribution in [0.3, 0.4) is 0 Å². The van der Waals surface area contributed by atoms with Crippen molar-refractivity contribution in [3.8, 4) is 0 Å². The molecule has 1 aliphatic rings. The van der Waals surface area contributed by atoms with Gasteiger partial charge in [-0.15, -0.1) is 0 Å². The first kappa shape index (κ1) is 29.9. The normalized spacial score (nSPS) is 17.6. The molecular formula is C24H19Cl2F5N4O4S. The number of aliphatic carboxylic acids is 1. The van der Waals surface area contributed by atoms with Crippen LogP contribution in [0.15, 0.2) is 24.4 Å². The number of hydrogen-bond acceptors (Lipinski definition) is 6. The first-order valence-corrected chi connectivity index (χ1v) is 13.2. The number of amides is 1. The molecule has 0 saturated heterocycles. The monoisotopic (exact) mass is 624 g/mol. The molecule has 1 aromatic carbocycles. The van der Waals surface area contributed by atoms with E-state index in [4.69, 9.17) is 23.2 Å². The third-order valence-corrected chi connectivity index (χ3v) is 7.90. The average Bonchev–Trinajstić information content (AvgIpc) is 3.46. The summed E-state index contributed by atoms with van der Waals surface area (Å²) in [6, 6.07) is 1.49. The van der Waals surface area contributed by atoms with Crippen molar-refractivity contribution in [2.24, 2.45) is 5.92 Å². The SMILES string of the molecule is O=C(CN(Cc1cc(F)cc(F)c1)C(=O)c1cnn(C2CCC(C(=O)O)CC2)c1C(F)(F)F)c1c(Cl)nsc1Cl. The maximum absolute atomic E-state index is 14.3. The van der Waals surface area contributed by atoms with Crippen LogP contribution in [0.1, 0.15) is 63.7 Å². The molecule has 8 nitrogen and oxygen atoms in total. The fraction of sp³-hybridized carbons (Fsp3) is 0.375. The van der Waals surface area contributed by atoms with Gasteiger partial charge >= 0.3 is 12.1 Å². The highest BCUT2D eigenvalue weighted by molar-refractivity contribution is 7.11. The van der Waals surface area contributed by atoms with Crippen molar-refractivity contribution in [2.75, 3.05) is 6.54 Å². The van der Waals surface area contributed by atoms with Gasteiger partial charge in [0, 0.05) is 12.6 Å². The molecule has 1 N–H and O–H groups in total. The predicted octanol–water partition coefficient (Wildman–Crippen LogP) is 6.28. The van der Waals surface area contributed by atoms with Gasteiger partial charge in [-0.1, -0.05) is 23.2 Å². The first-order valence-electron chi connectivity index (χ1n) is 11.7. The fourth-order valence-corrected chi connectivity index (χ4v) is 5.93. The van der Waals surface area contributed by atoms with Crippen molar-refractivity contribution in [1.82, 2.24) is 19.1 Å². The van der Waals surface area contributed by atoms with Gasteiger partial charge in [0.1, 0.15) is 16.0 Å². The number of halogens is 7. The molecule has 1 saturated carbocycles. The summed E-state index contributed by atoms with van der Waals surface area (Å²) in [4.78, 5) is 38.5. The van der Waals surface area contributed by atoms with Crippen LogP contribution in [-0.2, 0) is 17.5 Å². The minimum atomic E-state index is -5.06. The fourth-order valence-electron chi connectivity index (χ4n) is 4.67. The zero-order valence-corrected chi connectivity index (χ0v) is 22.5. The van der Waals surface area contributed by atoms with Crippen LogP contribution in [-0.4, -0.2) is 48.4 Å². The van der Waals surface area contributed by atoms with Gasteiger partial charge in [0.2, 0.25) is 0 Å². The largest absolute Gasteiger partial charge is 0.481 e. The van der Waals surface area contributed by atoms with Gasteiger partial charge < -0.3 is 10.0 Å². The lowest BCUT2D eigenvalue weighted by atomic mass is 9.86. The van der Waals surface area contributed by atoms with Crippen LogP contribution in [0.2, 0.25) is 9.49 Å². The van der Waals surface area contributed by atoms with E-state index >= 15 is 0 Å². The summed E-state index contributed by atoms with van der Waals surface area (Å²) in [5, 5.41) is 12.7. The Balaban J connectivity index is 1.71. The van der Waals surface area contributed by atoms with Gasteiger partial charge in [-0.25, -0.2) is 8.78 Å². The van der Waals surface area contributed by atoms with Gasteiger partial charge in [0.05, 0.1) is 35.8 Å². The molecule has 0 bridgehead atoms. The molecule has 0 atom stereocenters. The third kappa shape index (κ3) is 6.44. The molecule has 0 radical (unpaired) electrons. The molecule has 2 aromatic heterocycles. The number of ketones is 1. The number of rotatable bonds is 8. The second-order valence-corrected chi connectivity index (χ2v) is 10.9. The molecule has 1 fully saturated rings. The Morgan fingerprint density at radius 1 is 1.07 bits per heavy atom. The maximum Gasteiger partial charge on any atom is 0.433 e. The summed E-state index contributed by atoms with van der Waals surface area (Å²) >= 11 is 12.6. The Kier molecular flexibility index (Phi) is 8.80. The number of carbonyl (C=O) groups excluding carboxylic acids is 2. The molecule has 2 heterocycles. The summed E-state index contributed by atoms with van der Waals surface area (Å²) in [7, 11) is 0. The zero-order valence-electron chi connectivity index (χ0n) is 20.2. The van der Waals surface area contributed by atoms with E-state index in [1.807, 2.05) is 0 Å². The van der Waals surface area contributed by atoms with Crippen molar-refractivity contribution >= 4 is 52.4 Å². The average molecular weight is 625 g/mol. The molecule has 40 heavy (non-hydrogen) atoms. The van der Waals surface area contributed by atoms with E-state index in [1.54, 1.807) is 0 Å². The quantitative estimate of drug-likeness (QED) is 0.233. The summed E-state index contributed by atoms with van der Waals surface area (Å²) in [5.41, 5.74) is -2.66. The summed E-state index contributed by atoms with van der Waals surface area (Å²) in [6.07, 6.45) is -3.92. The Hall–Kier alpha value is -3.10. The standard InChI is InChI=1S/C24H19Cl2F5N4O4S/c25-20-18(21(26)40-33-20)17(36)10-34(9-11-5-13(27)7-14(28)6-11)22(37)16-8-32-35(19(16)24(29,30)31)15-3-1-12(2-4-15)23(38)39/h5-8,12,15H,1-4,9-10H2,(H,38,39). The maximum atomic E-state index is 14.3. The van der Waals surface area contributed by atoms with Gasteiger partial charge in [-0.05, 0) is 54.9 Å². The summed E-state index contributed by atoms with van der Waals surface area (Å²) in [5.74, 6) is -5.87. The van der Waals surface area contributed by atoms with Gasteiger partial charge in [-0.3, -0.25) is 19.1 Å². The second kappa shape index (κ2) is 11.8. The van der Waals surface area contributed by atoms with Crippen LogP contribution >= 0.6 is 34.7 Å². The number of alkyl halides is 3. The highest BCUT2D eigenvalue weighted by atomic mass is 35.5. The number of Topliss-reactive ketones (excluding diaryl/α,β-unsaturated/α-hetero) is 1. The van der Waals surface area contributed by atoms with Crippen molar-refractivity contribution < 1.29 is 41.4 Å². The van der Waals surface area contributed by atoms with Crippen molar-refractivity contribution in [3.05, 3.63) is 67.9 Å². The van der Waals surface area contributed by atoms with Crippen LogP contribution in [0.25, 0.3) is 0 Å². The van der Waals surface area contributed by atoms with Gasteiger partial charge in [-0.2, -0.15) is 22.6 Å². The van der Waals surface area contributed by atoms with E-state index in [0.29, 0.717) is 33.4 Å². The van der Waals surface area contributed by atoms with Crippen LogP contribution in [0, 0.1) is 17.6 Å². The molecule has 214 valence electrons. The minimum Gasteiger partial charge on any atom is -0.481 e. The Morgan fingerprint density at radius 3 is 2.23 bits per heavy atom. The number of benzene rings is 1. The van der Waals surface area contributed by atoms with Crippen LogP contribution in [0.4, 0.5) is 22.0 Å². The minimum absolute atomic E-state index is 0.0856. The lowest BCUT2D eigenvalue weighted by Crippen LogP contribution is -2.37.